The van der Waals surface area contributed by atoms with Crippen LogP contribution in [0.3, 0.4) is 0 Å². The fourth-order valence-electron chi connectivity index (χ4n) is 1.75. The van der Waals surface area contributed by atoms with Gasteiger partial charge in [-0.2, -0.15) is 0 Å². The number of ether oxygens (including phenoxy) is 1. The fourth-order valence-corrected chi connectivity index (χ4v) is 2.12. The summed E-state index contributed by atoms with van der Waals surface area (Å²) in [6, 6.07) is 1.89. The van der Waals surface area contributed by atoms with E-state index in [0.717, 1.165) is 29.9 Å². The van der Waals surface area contributed by atoms with Gasteiger partial charge in [0.25, 0.3) is 0 Å². The molecule has 0 bridgehead atoms. The second-order valence-corrected chi connectivity index (χ2v) is 4.68. The van der Waals surface area contributed by atoms with Crippen LogP contribution in [0.2, 0.25) is 0 Å². The van der Waals surface area contributed by atoms with Crippen LogP contribution in [0.1, 0.15) is 12.8 Å². The second kappa shape index (κ2) is 5.47. The number of nitrogens with one attached hydrogen (secondary N) is 1. The molecule has 4 heteroatoms. The average molecular weight is 271 g/mol. The molecule has 1 fully saturated rings. The summed E-state index contributed by atoms with van der Waals surface area (Å²) >= 11 is 3.42. The molecule has 1 aromatic rings. The molecule has 1 aliphatic heterocycles. The molecule has 1 aliphatic rings. The van der Waals surface area contributed by atoms with E-state index in [9.17, 15) is 0 Å². The summed E-state index contributed by atoms with van der Waals surface area (Å²) in [6.07, 6.45) is 6.02. The Kier molecular flexibility index (Phi) is 3.97. The molecule has 3 nitrogen and oxygen atoms in total. The number of nitrogens with zero attached hydrogens (tertiary/aromatic N) is 1. The number of hydrogen-bond acceptors (Lipinski definition) is 3. The lowest BCUT2D eigenvalue weighted by Gasteiger charge is -2.22. The van der Waals surface area contributed by atoms with E-state index in [4.69, 9.17) is 4.74 Å². The van der Waals surface area contributed by atoms with Crippen molar-refractivity contribution >= 4 is 15.9 Å². The molecule has 82 valence electrons. The molecule has 2 heterocycles. The minimum Gasteiger partial charge on any atom is -0.492 e. The van der Waals surface area contributed by atoms with Crippen molar-refractivity contribution in [2.24, 2.45) is 5.92 Å². The zero-order valence-corrected chi connectivity index (χ0v) is 10.2. The third-order valence-corrected chi connectivity index (χ3v) is 3.20. The van der Waals surface area contributed by atoms with Crippen LogP contribution in [0.15, 0.2) is 22.9 Å². The van der Waals surface area contributed by atoms with Crippen molar-refractivity contribution < 1.29 is 4.74 Å². The predicted molar refractivity (Wildman–Crippen MR) is 63.0 cm³/mol. The van der Waals surface area contributed by atoms with Crippen molar-refractivity contribution in [1.82, 2.24) is 10.3 Å². The van der Waals surface area contributed by atoms with Gasteiger partial charge in [-0.1, -0.05) is 0 Å². The van der Waals surface area contributed by atoms with Crippen molar-refractivity contribution in [3.05, 3.63) is 22.9 Å². The highest BCUT2D eigenvalue weighted by atomic mass is 79.9. The standard InChI is InChI=1S/C11H15BrN2O/c12-10-7-14-5-3-11(10)15-8-9-2-1-4-13-6-9/h3,5,7,9,13H,1-2,4,6,8H2. The number of rotatable bonds is 3. The molecule has 1 atom stereocenters. The van der Waals surface area contributed by atoms with Crippen LogP contribution < -0.4 is 10.1 Å². The Morgan fingerprint density at radius 2 is 2.53 bits per heavy atom. The fraction of sp³-hybridized carbons (Fsp3) is 0.545. The molecule has 1 N–H and O–H groups in total. The highest BCUT2D eigenvalue weighted by Gasteiger charge is 2.13. The van der Waals surface area contributed by atoms with E-state index in [2.05, 4.69) is 26.2 Å². The van der Waals surface area contributed by atoms with E-state index in [1.165, 1.54) is 12.8 Å². The molecule has 0 saturated carbocycles. The van der Waals surface area contributed by atoms with Gasteiger partial charge in [-0.25, -0.2) is 0 Å². The Morgan fingerprint density at radius 3 is 3.27 bits per heavy atom. The lowest BCUT2D eigenvalue weighted by molar-refractivity contribution is 0.217. The molecule has 0 amide bonds. The Bertz CT molecular complexity index is 313. The van der Waals surface area contributed by atoms with Gasteiger partial charge in [-0.15, -0.1) is 0 Å². The van der Waals surface area contributed by atoms with Crippen molar-refractivity contribution in [3.8, 4) is 5.75 Å². The van der Waals surface area contributed by atoms with Crippen molar-refractivity contribution in [2.75, 3.05) is 19.7 Å². The largest absolute Gasteiger partial charge is 0.492 e. The molecule has 1 aromatic heterocycles. The highest BCUT2D eigenvalue weighted by molar-refractivity contribution is 9.10. The predicted octanol–water partition coefficient (Wildman–Crippen LogP) is 2.22. The number of halogens is 1. The van der Waals surface area contributed by atoms with Crippen LogP contribution in [0.5, 0.6) is 5.75 Å². The van der Waals surface area contributed by atoms with Crippen LogP contribution in [0, 0.1) is 5.92 Å². The third-order valence-electron chi connectivity index (χ3n) is 2.61. The topological polar surface area (TPSA) is 34.1 Å². The normalized spacial score (nSPS) is 21.3. The molecule has 2 rings (SSSR count). The number of hydrogen-bond donors (Lipinski definition) is 1. The quantitative estimate of drug-likeness (QED) is 0.915. The number of piperidine rings is 1. The van der Waals surface area contributed by atoms with E-state index in [1.54, 1.807) is 12.4 Å². The van der Waals surface area contributed by atoms with Gasteiger partial charge in [0.1, 0.15) is 5.75 Å². The van der Waals surface area contributed by atoms with Gasteiger partial charge in [0.15, 0.2) is 0 Å². The summed E-state index contributed by atoms with van der Waals surface area (Å²) in [7, 11) is 0. The van der Waals surface area contributed by atoms with Gasteiger partial charge in [-0.05, 0) is 41.4 Å². The lowest BCUT2D eigenvalue weighted by Crippen LogP contribution is -2.33. The molecular weight excluding hydrogens is 256 g/mol. The first-order valence-electron chi connectivity index (χ1n) is 5.29. The van der Waals surface area contributed by atoms with E-state index >= 15 is 0 Å². The smallest absolute Gasteiger partial charge is 0.136 e. The van der Waals surface area contributed by atoms with Gasteiger partial charge in [0.05, 0.1) is 11.1 Å². The SMILES string of the molecule is Brc1cnccc1OCC1CCCNC1. The number of aromatic nitrogens is 1. The van der Waals surface area contributed by atoms with Crippen molar-refractivity contribution in [2.45, 2.75) is 12.8 Å². The first-order chi connectivity index (χ1) is 7.36. The van der Waals surface area contributed by atoms with E-state index in [1.807, 2.05) is 6.07 Å². The van der Waals surface area contributed by atoms with Gasteiger partial charge in [0, 0.05) is 24.9 Å². The molecule has 0 radical (unpaired) electrons. The monoisotopic (exact) mass is 270 g/mol. The highest BCUT2D eigenvalue weighted by Crippen LogP contribution is 2.23. The Morgan fingerprint density at radius 1 is 1.60 bits per heavy atom. The summed E-state index contributed by atoms with van der Waals surface area (Å²) in [4.78, 5) is 4.00. The average Bonchev–Trinajstić information content (AvgIpc) is 2.29. The Hall–Kier alpha value is -0.610. The van der Waals surface area contributed by atoms with E-state index < -0.39 is 0 Å². The summed E-state index contributed by atoms with van der Waals surface area (Å²) in [6.45, 7) is 3.01. The molecule has 0 spiro atoms. The van der Waals surface area contributed by atoms with Gasteiger partial charge < -0.3 is 10.1 Å². The van der Waals surface area contributed by atoms with Gasteiger partial charge >= 0.3 is 0 Å². The zero-order chi connectivity index (χ0) is 10.5. The summed E-state index contributed by atoms with van der Waals surface area (Å²) in [5.74, 6) is 1.52. The minimum atomic E-state index is 0.638. The first kappa shape index (κ1) is 10.9. The maximum atomic E-state index is 5.75. The summed E-state index contributed by atoms with van der Waals surface area (Å²) in [5, 5.41) is 3.38. The maximum absolute atomic E-state index is 5.75. The van der Waals surface area contributed by atoms with Crippen molar-refractivity contribution in [1.29, 1.82) is 0 Å². The van der Waals surface area contributed by atoms with Crippen LogP contribution in [0.4, 0.5) is 0 Å². The molecule has 1 unspecified atom stereocenters. The van der Waals surface area contributed by atoms with Crippen LogP contribution >= 0.6 is 15.9 Å². The van der Waals surface area contributed by atoms with E-state index in [0.29, 0.717) is 5.92 Å². The minimum absolute atomic E-state index is 0.638. The van der Waals surface area contributed by atoms with Gasteiger partial charge in [-0.3, -0.25) is 4.98 Å². The van der Waals surface area contributed by atoms with Crippen LogP contribution in [-0.2, 0) is 0 Å². The first-order valence-corrected chi connectivity index (χ1v) is 6.08. The zero-order valence-electron chi connectivity index (χ0n) is 8.58. The molecule has 0 aliphatic carbocycles. The van der Waals surface area contributed by atoms with Crippen molar-refractivity contribution in [3.63, 3.8) is 0 Å². The number of pyridine rings is 1. The molecular formula is C11H15BrN2O. The summed E-state index contributed by atoms with van der Waals surface area (Å²) < 4.78 is 6.67. The second-order valence-electron chi connectivity index (χ2n) is 3.83. The van der Waals surface area contributed by atoms with Crippen LogP contribution in [-0.4, -0.2) is 24.7 Å². The van der Waals surface area contributed by atoms with E-state index in [-0.39, 0.29) is 0 Å². The van der Waals surface area contributed by atoms with Crippen LogP contribution in [0.25, 0.3) is 0 Å². The molecule has 15 heavy (non-hydrogen) atoms. The molecule has 0 aromatic carbocycles. The Labute approximate surface area is 98.4 Å². The maximum Gasteiger partial charge on any atom is 0.136 e. The molecule has 1 saturated heterocycles. The lowest BCUT2D eigenvalue weighted by atomic mass is 10.0. The Balaban J connectivity index is 1.84. The van der Waals surface area contributed by atoms with Gasteiger partial charge in [0.2, 0.25) is 0 Å². The third kappa shape index (κ3) is 3.18. The summed E-state index contributed by atoms with van der Waals surface area (Å²) in [5.41, 5.74) is 0.